The zero-order valence-electron chi connectivity index (χ0n) is 15.6. The number of nitrogens with zero attached hydrogens (tertiary/aromatic N) is 8. The van der Waals surface area contributed by atoms with Crippen molar-refractivity contribution in [1.29, 1.82) is 0 Å². The summed E-state index contributed by atoms with van der Waals surface area (Å²) >= 11 is 0. The van der Waals surface area contributed by atoms with E-state index >= 15 is 0 Å². The Balaban J connectivity index is 1.36. The normalized spacial score (nSPS) is 14.5. The van der Waals surface area contributed by atoms with Crippen LogP contribution in [-0.2, 0) is 0 Å². The summed E-state index contributed by atoms with van der Waals surface area (Å²) in [6, 6.07) is 5.76. The minimum Gasteiger partial charge on any atom is -0.336 e. The molecule has 1 aliphatic heterocycles. The fraction of sp³-hybridized carbons (Fsp3) is 0.294. The van der Waals surface area contributed by atoms with Crippen molar-refractivity contribution in [1.82, 2.24) is 40.0 Å². The molecule has 5 rings (SSSR count). The molecule has 1 saturated heterocycles. The second-order valence-corrected chi connectivity index (χ2v) is 6.73. The Hall–Kier alpha value is -3.96. The smallest absolute Gasteiger partial charge is 0.277 e. The lowest BCUT2D eigenvalue weighted by Crippen LogP contribution is -2.49. The van der Waals surface area contributed by atoms with Gasteiger partial charge in [-0.05, 0) is 24.2 Å². The van der Waals surface area contributed by atoms with Crippen molar-refractivity contribution in [2.24, 2.45) is 0 Å². The van der Waals surface area contributed by atoms with Crippen LogP contribution in [-0.4, -0.2) is 72.1 Å². The first-order chi connectivity index (χ1) is 14.2. The van der Waals surface area contributed by atoms with Crippen LogP contribution in [0.25, 0.3) is 5.52 Å². The molecule has 1 amide bonds. The highest BCUT2D eigenvalue weighted by molar-refractivity contribution is 5.92. The highest BCUT2D eigenvalue weighted by Gasteiger charge is 2.26. The Bertz CT molecular complexity index is 1140. The molecule has 12 nitrogen and oxygen atoms in total. The Morgan fingerprint density at radius 3 is 2.86 bits per heavy atom. The van der Waals surface area contributed by atoms with Crippen molar-refractivity contribution < 1.29 is 9.42 Å². The Morgan fingerprint density at radius 1 is 1.28 bits per heavy atom. The monoisotopic (exact) mass is 394 g/mol. The number of hydrogen-bond donors (Lipinski definition) is 2. The molecule has 2 N–H and O–H groups in total. The number of piperazine rings is 1. The number of rotatable bonds is 4. The van der Waals surface area contributed by atoms with E-state index in [9.17, 15) is 4.79 Å². The Labute approximate surface area is 164 Å². The van der Waals surface area contributed by atoms with E-state index in [1.165, 1.54) is 6.20 Å². The maximum Gasteiger partial charge on any atom is 0.277 e. The summed E-state index contributed by atoms with van der Waals surface area (Å²) in [6.45, 7) is 4.20. The number of aryl methyl sites for hydroxylation is 1. The van der Waals surface area contributed by atoms with Crippen molar-refractivity contribution in [3.05, 3.63) is 42.0 Å². The van der Waals surface area contributed by atoms with Crippen LogP contribution in [0.5, 0.6) is 0 Å². The van der Waals surface area contributed by atoms with Gasteiger partial charge >= 0.3 is 0 Å². The first kappa shape index (κ1) is 17.2. The third kappa shape index (κ3) is 3.24. The summed E-state index contributed by atoms with van der Waals surface area (Å²) in [5, 5.41) is 22.1. The van der Waals surface area contributed by atoms with Crippen LogP contribution < -0.4 is 10.2 Å². The van der Waals surface area contributed by atoms with Crippen LogP contribution in [0.2, 0.25) is 0 Å². The van der Waals surface area contributed by atoms with Gasteiger partial charge in [-0.1, -0.05) is 5.16 Å². The van der Waals surface area contributed by atoms with Gasteiger partial charge in [0, 0.05) is 44.1 Å². The van der Waals surface area contributed by atoms with Crippen LogP contribution in [0.3, 0.4) is 0 Å². The van der Waals surface area contributed by atoms with Gasteiger partial charge < -0.3 is 15.1 Å². The molecule has 0 aliphatic carbocycles. The molecule has 148 valence electrons. The van der Waals surface area contributed by atoms with Crippen LogP contribution in [0.1, 0.15) is 16.2 Å². The molecule has 0 spiro atoms. The van der Waals surface area contributed by atoms with Gasteiger partial charge in [0.05, 0.1) is 0 Å². The fourth-order valence-electron chi connectivity index (χ4n) is 3.28. The van der Waals surface area contributed by atoms with Gasteiger partial charge in [0.1, 0.15) is 11.7 Å². The van der Waals surface area contributed by atoms with Gasteiger partial charge in [-0.25, -0.2) is 9.14 Å². The number of hydrogen-bond acceptors (Lipinski definition) is 9. The summed E-state index contributed by atoms with van der Waals surface area (Å²) in [6.07, 6.45) is 3.20. The number of carbonyl (C=O) groups is 1. The fourth-order valence-corrected chi connectivity index (χ4v) is 3.28. The van der Waals surface area contributed by atoms with E-state index in [2.05, 4.69) is 35.6 Å². The summed E-state index contributed by atoms with van der Waals surface area (Å²) in [5.74, 6) is 1.74. The van der Waals surface area contributed by atoms with Crippen molar-refractivity contribution in [3.63, 3.8) is 0 Å². The lowest BCUT2D eigenvalue weighted by Gasteiger charge is -2.34. The van der Waals surface area contributed by atoms with E-state index in [1.807, 2.05) is 36.2 Å². The van der Waals surface area contributed by atoms with Crippen molar-refractivity contribution in [2.75, 3.05) is 36.4 Å². The molecule has 5 heterocycles. The topological polar surface area (TPSA) is 133 Å². The summed E-state index contributed by atoms with van der Waals surface area (Å²) in [7, 11) is 0. The first-order valence-electron chi connectivity index (χ1n) is 9.13. The van der Waals surface area contributed by atoms with E-state index in [0.29, 0.717) is 43.8 Å². The number of amides is 1. The summed E-state index contributed by atoms with van der Waals surface area (Å²) < 4.78 is 6.30. The van der Waals surface area contributed by atoms with E-state index in [-0.39, 0.29) is 11.6 Å². The highest BCUT2D eigenvalue weighted by Crippen LogP contribution is 2.22. The minimum atomic E-state index is -0.191. The molecule has 0 unspecified atom stereocenters. The van der Waals surface area contributed by atoms with E-state index < -0.39 is 0 Å². The number of carbonyl (C=O) groups excluding carboxylic acids is 1. The molecule has 0 bridgehead atoms. The average molecular weight is 394 g/mol. The molecule has 0 saturated carbocycles. The molecule has 4 aromatic heterocycles. The molecule has 4 aromatic rings. The molecule has 12 heteroatoms. The van der Waals surface area contributed by atoms with Gasteiger partial charge in [0.2, 0.25) is 5.95 Å². The van der Waals surface area contributed by atoms with E-state index in [4.69, 9.17) is 4.98 Å². The summed E-state index contributed by atoms with van der Waals surface area (Å²) in [5.41, 5.74) is 2.02. The minimum absolute atomic E-state index is 0.191. The van der Waals surface area contributed by atoms with Gasteiger partial charge in [-0.2, -0.15) is 10.1 Å². The molecule has 0 radical (unpaired) electrons. The van der Waals surface area contributed by atoms with E-state index in [1.54, 1.807) is 9.42 Å². The third-order valence-electron chi connectivity index (χ3n) is 4.76. The molecule has 29 heavy (non-hydrogen) atoms. The number of H-pyrrole nitrogens is 1. The Morgan fingerprint density at radius 2 is 2.14 bits per heavy atom. The predicted molar refractivity (Wildman–Crippen MR) is 102 cm³/mol. The third-order valence-corrected chi connectivity index (χ3v) is 4.76. The first-order valence-corrected chi connectivity index (χ1v) is 9.13. The molecule has 1 fully saturated rings. The number of fused-ring (bicyclic) bond motifs is 1. The SMILES string of the molecule is Cc1cc(Nc2nc(N3CCN(C(=O)c4cnon4)CC3)nn3cccc23)n[nH]1. The lowest BCUT2D eigenvalue weighted by molar-refractivity contribution is 0.0735. The molecule has 0 atom stereocenters. The maximum absolute atomic E-state index is 12.4. The van der Waals surface area contributed by atoms with Crippen LogP contribution in [0, 0.1) is 6.92 Å². The quantitative estimate of drug-likeness (QED) is 0.516. The van der Waals surface area contributed by atoms with Crippen LogP contribution in [0.15, 0.2) is 35.2 Å². The average Bonchev–Trinajstić information content (AvgIpc) is 3.49. The van der Waals surface area contributed by atoms with Crippen LogP contribution >= 0.6 is 0 Å². The number of anilines is 3. The van der Waals surface area contributed by atoms with Crippen molar-refractivity contribution in [3.8, 4) is 0 Å². The van der Waals surface area contributed by atoms with Gasteiger partial charge in [0.15, 0.2) is 17.3 Å². The summed E-state index contributed by atoms with van der Waals surface area (Å²) in [4.78, 5) is 20.9. The number of aromatic nitrogens is 7. The van der Waals surface area contributed by atoms with Crippen LogP contribution in [0.4, 0.5) is 17.6 Å². The largest absolute Gasteiger partial charge is 0.336 e. The zero-order chi connectivity index (χ0) is 19.8. The Kier molecular flexibility index (Phi) is 4.08. The standard InChI is InChI=1S/C17H18N10O2/c1-11-9-14(22-21-11)19-15-13-3-2-4-27(13)23-17(20-15)26-7-5-25(6-8-26)16(28)12-10-18-29-24-12/h2-4,9-10H,5-8H2,1H3,(H2,19,20,21,22,23). The predicted octanol–water partition coefficient (Wildman–Crippen LogP) is 0.850. The highest BCUT2D eigenvalue weighted by atomic mass is 16.6. The molecular formula is C17H18N10O2. The second-order valence-electron chi connectivity index (χ2n) is 6.73. The van der Waals surface area contributed by atoms with E-state index in [0.717, 1.165) is 11.2 Å². The molecule has 0 aromatic carbocycles. The number of aromatic amines is 1. The molecular weight excluding hydrogens is 376 g/mol. The van der Waals surface area contributed by atoms with Crippen molar-refractivity contribution in [2.45, 2.75) is 6.92 Å². The maximum atomic E-state index is 12.4. The molecule has 1 aliphatic rings. The van der Waals surface area contributed by atoms with Gasteiger partial charge in [-0.3, -0.25) is 9.89 Å². The number of nitrogens with one attached hydrogen (secondary N) is 2. The van der Waals surface area contributed by atoms with Crippen molar-refractivity contribution >= 4 is 29.0 Å². The lowest BCUT2D eigenvalue weighted by atomic mass is 10.3. The zero-order valence-corrected chi connectivity index (χ0v) is 15.6. The van der Waals surface area contributed by atoms with Gasteiger partial charge in [0.25, 0.3) is 5.91 Å². The second kappa shape index (κ2) is 6.89. The van der Waals surface area contributed by atoms with Gasteiger partial charge in [-0.15, -0.1) is 5.10 Å².